The van der Waals surface area contributed by atoms with Gasteiger partial charge in [0.25, 0.3) is 0 Å². The van der Waals surface area contributed by atoms with Crippen molar-refractivity contribution in [3.05, 3.63) is 48.0 Å². The highest BCUT2D eigenvalue weighted by Gasteiger charge is 2.24. The summed E-state index contributed by atoms with van der Waals surface area (Å²) in [6.07, 6.45) is 2.23. The molecule has 1 aliphatic heterocycles. The molecule has 122 valence electrons. The molecule has 0 aliphatic carbocycles. The van der Waals surface area contributed by atoms with Crippen LogP contribution in [0.2, 0.25) is 0 Å². The van der Waals surface area contributed by atoms with Gasteiger partial charge >= 0.3 is 6.03 Å². The summed E-state index contributed by atoms with van der Waals surface area (Å²) in [5.41, 5.74) is 1.10. The molecule has 1 fully saturated rings. The first-order chi connectivity index (χ1) is 11.1. The minimum absolute atomic E-state index is 0.0290. The van der Waals surface area contributed by atoms with Crippen LogP contribution in [0, 0.1) is 0 Å². The molecule has 0 aromatic heterocycles. The van der Waals surface area contributed by atoms with Crippen LogP contribution in [0.1, 0.15) is 38.3 Å². The maximum absolute atomic E-state index is 12.2. The lowest BCUT2D eigenvalue weighted by Crippen LogP contribution is -2.46. The van der Waals surface area contributed by atoms with Crippen molar-refractivity contribution < 1.29 is 9.53 Å². The number of rotatable bonds is 4. The highest BCUT2D eigenvalue weighted by atomic mass is 16.5. The monoisotopic (exact) mass is 312 g/mol. The topological polar surface area (TPSA) is 50.4 Å². The normalized spacial score (nSPS) is 20.2. The second-order valence-corrected chi connectivity index (χ2v) is 6.29. The number of benzene rings is 2. The summed E-state index contributed by atoms with van der Waals surface area (Å²) >= 11 is 0. The summed E-state index contributed by atoms with van der Waals surface area (Å²) < 4.78 is 5.61. The van der Waals surface area contributed by atoms with Crippen molar-refractivity contribution in [2.45, 2.75) is 44.9 Å². The van der Waals surface area contributed by atoms with Crippen molar-refractivity contribution in [2.75, 3.05) is 6.61 Å². The summed E-state index contributed by atoms with van der Waals surface area (Å²) in [4.78, 5) is 12.2. The fraction of sp³-hybridized carbons (Fsp3) is 0.421. The van der Waals surface area contributed by atoms with Crippen LogP contribution in [0.3, 0.4) is 0 Å². The van der Waals surface area contributed by atoms with Gasteiger partial charge in [-0.2, -0.15) is 0 Å². The van der Waals surface area contributed by atoms with E-state index in [0.717, 1.165) is 25.0 Å². The largest absolute Gasteiger partial charge is 0.376 e. The van der Waals surface area contributed by atoms with E-state index in [1.165, 1.54) is 10.8 Å². The zero-order valence-corrected chi connectivity index (χ0v) is 13.7. The van der Waals surface area contributed by atoms with Gasteiger partial charge in [-0.15, -0.1) is 0 Å². The van der Waals surface area contributed by atoms with Crippen LogP contribution in [0.5, 0.6) is 0 Å². The third kappa shape index (κ3) is 3.82. The van der Waals surface area contributed by atoms with Crippen molar-refractivity contribution in [3.63, 3.8) is 0 Å². The average Bonchev–Trinajstić information content (AvgIpc) is 3.08. The molecule has 1 aliphatic rings. The maximum atomic E-state index is 12.2. The Kier molecular flexibility index (Phi) is 4.82. The Morgan fingerprint density at radius 3 is 2.65 bits per heavy atom. The fourth-order valence-corrected chi connectivity index (χ4v) is 3.10. The lowest BCUT2D eigenvalue weighted by Gasteiger charge is -2.22. The second-order valence-electron chi connectivity index (χ2n) is 6.29. The van der Waals surface area contributed by atoms with Crippen LogP contribution in [0.4, 0.5) is 4.79 Å². The molecule has 3 unspecified atom stereocenters. The molecule has 0 spiro atoms. The van der Waals surface area contributed by atoms with Crippen LogP contribution >= 0.6 is 0 Å². The molecular weight excluding hydrogens is 288 g/mol. The van der Waals surface area contributed by atoms with E-state index < -0.39 is 0 Å². The van der Waals surface area contributed by atoms with Gasteiger partial charge in [0.15, 0.2) is 0 Å². The van der Waals surface area contributed by atoms with Gasteiger partial charge in [-0.25, -0.2) is 4.79 Å². The zero-order chi connectivity index (χ0) is 16.2. The minimum atomic E-state index is -0.145. The van der Waals surface area contributed by atoms with Crippen molar-refractivity contribution in [1.29, 1.82) is 0 Å². The van der Waals surface area contributed by atoms with Crippen LogP contribution in [0.15, 0.2) is 42.5 Å². The van der Waals surface area contributed by atoms with E-state index in [1.54, 1.807) is 0 Å². The zero-order valence-electron chi connectivity index (χ0n) is 13.7. The number of nitrogens with one attached hydrogen (secondary N) is 2. The van der Waals surface area contributed by atoms with Gasteiger partial charge in [0, 0.05) is 6.61 Å². The molecule has 0 saturated carbocycles. The van der Waals surface area contributed by atoms with Crippen molar-refractivity contribution in [2.24, 2.45) is 0 Å². The van der Waals surface area contributed by atoms with Crippen LogP contribution in [0.25, 0.3) is 10.8 Å². The van der Waals surface area contributed by atoms with Crippen LogP contribution in [-0.4, -0.2) is 24.8 Å². The first-order valence-electron chi connectivity index (χ1n) is 8.31. The molecule has 3 rings (SSSR count). The molecule has 1 saturated heterocycles. The van der Waals surface area contributed by atoms with E-state index in [-0.39, 0.29) is 24.2 Å². The summed E-state index contributed by atoms with van der Waals surface area (Å²) in [6.45, 7) is 4.79. The predicted molar refractivity (Wildman–Crippen MR) is 92.5 cm³/mol. The first kappa shape index (κ1) is 15.8. The van der Waals surface area contributed by atoms with Gasteiger partial charge in [0.05, 0.1) is 18.2 Å². The summed E-state index contributed by atoms with van der Waals surface area (Å²) in [6, 6.07) is 14.4. The molecule has 23 heavy (non-hydrogen) atoms. The molecule has 1 heterocycles. The van der Waals surface area contributed by atoms with Crippen molar-refractivity contribution >= 4 is 16.8 Å². The van der Waals surface area contributed by atoms with E-state index >= 15 is 0 Å². The standard InChI is InChI=1S/C19H24N2O2/c1-13(16-10-9-15-6-3-4-7-17(15)12-16)20-19(22)21-14(2)18-8-5-11-23-18/h3-4,6-7,9-10,12-14,18H,5,8,11H2,1-2H3,(H2,20,21,22). The van der Waals surface area contributed by atoms with Crippen molar-refractivity contribution in [1.82, 2.24) is 10.6 Å². The molecule has 2 N–H and O–H groups in total. The van der Waals surface area contributed by atoms with Gasteiger partial charge in [-0.3, -0.25) is 0 Å². The fourth-order valence-electron chi connectivity index (χ4n) is 3.10. The number of amides is 2. The van der Waals surface area contributed by atoms with Gasteiger partial charge < -0.3 is 15.4 Å². The van der Waals surface area contributed by atoms with E-state index in [2.05, 4.69) is 41.0 Å². The smallest absolute Gasteiger partial charge is 0.315 e. The Morgan fingerprint density at radius 2 is 1.91 bits per heavy atom. The third-order valence-electron chi connectivity index (χ3n) is 4.50. The van der Waals surface area contributed by atoms with Gasteiger partial charge in [0.1, 0.15) is 0 Å². The quantitative estimate of drug-likeness (QED) is 0.903. The van der Waals surface area contributed by atoms with Crippen LogP contribution < -0.4 is 10.6 Å². The van der Waals surface area contributed by atoms with Gasteiger partial charge in [-0.1, -0.05) is 36.4 Å². The lowest BCUT2D eigenvalue weighted by molar-refractivity contribution is 0.0859. The molecule has 4 heteroatoms. The second kappa shape index (κ2) is 7.01. The summed E-state index contributed by atoms with van der Waals surface area (Å²) in [5, 5.41) is 8.39. The maximum Gasteiger partial charge on any atom is 0.315 e. The number of urea groups is 1. The number of hydrogen-bond donors (Lipinski definition) is 2. The van der Waals surface area contributed by atoms with E-state index in [0.29, 0.717) is 0 Å². The van der Waals surface area contributed by atoms with Crippen LogP contribution in [-0.2, 0) is 4.74 Å². The van der Waals surface area contributed by atoms with Crippen molar-refractivity contribution in [3.8, 4) is 0 Å². The molecule has 4 nitrogen and oxygen atoms in total. The highest BCUT2D eigenvalue weighted by molar-refractivity contribution is 5.83. The first-order valence-corrected chi connectivity index (χ1v) is 8.31. The molecule has 0 radical (unpaired) electrons. The lowest BCUT2D eigenvalue weighted by atomic mass is 10.0. The van der Waals surface area contributed by atoms with Gasteiger partial charge in [0.2, 0.25) is 0 Å². The summed E-state index contributed by atoms with van der Waals surface area (Å²) in [5.74, 6) is 0. The number of carbonyl (C=O) groups is 1. The molecule has 0 bridgehead atoms. The number of hydrogen-bond acceptors (Lipinski definition) is 2. The Balaban J connectivity index is 1.60. The Hall–Kier alpha value is -2.07. The number of carbonyl (C=O) groups excluding carboxylic acids is 1. The number of ether oxygens (including phenoxy) is 1. The third-order valence-corrected chi connectivity index (χ3v) is 4.50. The Labute approximate surface area is 137 Å². The minimum Gasteiger partial charge on any atom is -0.376 e. The Bertz CT molecular complexity index is 680. The highest BCUT2D eigenvalue weighted by Crippen LogP contribution is 2.20. The average molecular weight is 312 g/mol. The molecule has 2 aromatic carbocycles. The van der Waals surface area contributed by atoms with Gasteiger partial charge in [-0.05, 0) is 49.1 Å². The summed E-state index contributed by atoms with van der Waals surface area (Å²) in [7, 11) is 0. The van der Waals surface area contributed by atoms with E-state index in [4.69, 9.17) is 4.74 Å². The molecule has 3 atom stereocenters. The van der Waals surface area contributed by atoms with E-state index in [9.17, 15) is 4.79 Å². The SMILES string of the molecule is CC(NC(=O)NC(C)C1CCCO1)c1ccc2ccccc2c1. The number of fused-ring (bicyclic) bond motifs is 1. The van der Waals surface area contributed by atoms with E-state index in [1.807, 2.05) is 26.0 Å². The Morgan fingerprint density at radius 1 is 1.13 bits per heavy atom. The molecule has 2 amide bonds. The molecule has 2 aromatic rings. The predicted octanol–water partition coefficient (Wildman–Crippen LogP) is 3.77. The molecular formula is C19H24N2O2.